The largest absolute Gasteiger partial charge is 0.351 e. The Morgan fingerprint density at radius 3 is 2.15 bits per heavy atom. The van der Waals surface area contributed by atoms with Crippen molar-refractivity contribution >= 4 is 17.6 Å². The van der Waals surface area contributed by atoms with Crippen LogP contribution in [0.3, 0.4) is 0 Å². The SMILES string of the molecule is O=C(NCCC(=O)N1CCCC1)c1ccccc1C(=O)c1ccccc1. The van der Waals surface area contributed by atoms with Gasteiger partial charge in [0, 0.05) is 37.2 Å². The summed E-state index contributed by atoms with van der Waals surface area (Å²) in [4.78, 5) is 39.1. The van der Waals surface area contributed by atoms with Gasteiger partial charge in [0.1, 0.15) is 0 Å². The lowest BCUT2D eigenvalue weighted by Gasteiger charge is -2.15. The Balaban J connectivity index is 1.64. The van der Waals surface area contributed by atoms with Crippen LogP contribution in [-0.4, -0.2) is 42.1 Å². The maximum atomic E-state index is 12.7. The van der Waals surface area contributed by atoms with Gasteiger partial charge in [-0.3, -0.25) is 14.4 Å². The van der Waals surface area contributed by atoms with Crippen molar-refractivity contribution in [1.82, 2.24) is 10.2 Å². The number of likely N-dealkylation sites (tertiary alicyclic amines) is 1. The van der Waals surface area contributed by atoms with Crippen molar-refractivity contribution in [3.8, 4) is 0 Å². The van der Waals surface area contributed by atoms with Crippen molar-refractivity contribution in [2.75, 3.05) is 19.6 Å². The van der Waals surface area contributed by atoms with Gasteiger partial charge >= 0.3 is 0 Å². The average molecular weight is 350 g/mol. The summed E-state index contributed by atoms with van der Waals surface area (Å²) in [6.07, 6.45) is 2.38. The fraction of sp³-hybridized carbons (Fsp3) is 0.286. The Labute approximate surface area is 153 Å². The molecule has 0 atom stereocenters. The van der Waals surface area contributed by atoms with Gasteiger partial charge in [-0.05, 0) is 18.9 Å². The molecule has 2 aromatic carbocycles. The van der Waals surface area contributed by atoms with Crippen LogP contribution in [0.15, 0.2) is 54.6 Å². The van der Waals surface area contributed by atoms with Crippen LogP contribution in [0.5, 0.6) is 0 Å². The topological polar surface area (TPSA) is 66.5 Å². The van der Waals surface area contributed by atoms with E-state index in [1.165, 1.54) is 0 Å². The molecule has 1 aliphatic rings. The number of hydrogen-bond donors (Lipinski definition) is 1. The number of nitrogens with zero attached hydrogens (tertiary/aromatic N) is 1. The molecule has 5 heteroatoms. The molecular weight excluding hydrogens is 328 g/mol. The van der Waals surface area contributed by atoms with Crippen molar-refractivity contribution in [2.24, 2.45) is 0 Å². The molecule has 2 aromatic rings. The van der Waals surface area contributed by atoms with E-state index in [-0.39, 0.29) is 30.6 Å². The zero-order valence-electron chi connectivity index (χ0n) is 14.6. The first-order chi connectivity index (χ1) is 12.7. The number of carbonyl (C=O) groups excluding carboxylic acids is 3. The van der Waals surface area contributed by atoms with Gasteiger partial charge in [0.25, 0.3) is 5.91 Å². The molecule has 3 rings (SSSR count). The third-order valence-electron chi connectivity index (χ3n) is 4.54. The van der Waals surface area contributed by atoms with Gasteiger partial charge in [0.15, 0.2) is 5.78 Å². The van der Waals surface area contributed by atoms with E-state index in [0.29, 0.717) is 16.7 Å². The van der Waals surface area contributed by atoms with Crippen LogP contribution < -0.4 is 5.32 Å². The van der Waals surface area contributed by atoms with Crippen LogP contribution in [-0.2, 0) is 4.79 Å². The fourth-order valence-electron chi connectivity index (χ4n) is 3.13. The highest BCUT2D eigenvalue weighted by molar-refractivity contribution is 6.15. The van der Waals surface area contributed by atoms with E-state index in [9.17, 15) is 14.4 Å². The van der Waals surface area contributed by atoms with Crippen LogP contribution in [0.2, 0.25) is 0 Å². The van der Waals surface area contributed by atoms with E-state index in [1.807, 2.05) is 11.0 Å². The predicted octanol–water partition coefficient (Wildman–Crippen LogP) is 2.66. The smallest absolute Gasteiger partial charge is 0.252 e. The first-order valence-corrected chi connectivity index (χ1v) is 8.91. The van der Waals surface area contributed by atoms with Gasteiger partial charge in [-0.2, -0.15) is 0 Å². The first kappa shape index (κ1) is 17.9. The summed E-state index contributed by atoms with van der Waals surface area (Å²) >= 11 is 0. The lowest BCUT2D eigenvalue weighted by Crippen LogP contribution is -2.33. The molecule has 134 valence electrons. The standard InChI is InChI=1S/C21H22N2O3/c24-19(23-14-6-7-15-23)12-13-22-21(26)18-11-5-4-10-17(18)20(25)16-8-2-1-3-9-16/h1-5,8-11H,6-7,12-15H2,(H,22,26). The Bertz CT molecular complexity index is 796. The number of amides is 2. The van der Waals surface area contributed by atoms with Gasteiger partial charge in [0.05, 0.1) is 5.56 Å². The molecular formula is C21H22N2O3. The normalized spacial score (nSPS) is 13.5. The van der Waals surface area contributed by atoms with Crippen LogP contribution in [0, 0.1) is 0 Å². The minimum Gasteiger partial charge on any atom is -0.351 e. The van der Waals surface area contributed by atoms with Crippen molar-refractivity contribution in [3.05, 3.63) is 71.3 Å². The fourth-order valence-corrected chi connectivity index (χ4v) is 3.13. The van der Waals surface area contributed by atoms with Crippen LogP contribution in [0.25, 0.3) is 0 Å². The Kier molecular flexibility index (Phi) is 5.79. The van der Waals surface area contributed by atoms with Crippen molar-refractivity contribution in [3.63, 3.8) is 0 Å². The van der Waals surface area contributed by atoms with Crippen molar-refractivity contribution < 1.29 is 14.4 Å². The highest BCUT2D eigenvalue weighted by Gasteiger charge is 2.20. The molecule has 1 saturated heterocycles. The van der Waals surface area contributed by atoms with Crippen molar-refractivity contribution in [1.29, 1.82) is 0 Å². The van der Waals surface area contributed by atoms with E-state index >= 15 is 0 Å². The summed E-state index contributed by atoms with van der Waals surface area (Å²) in [6, 6.07) is 15.6. The Hall–Kier alpha value is -2.95. The molecule has 1 aliphatic heterocycles. The van der Waals surface area contributed by atoms with Crippen LogP contribution in [0.4, 0.5) is 0 Å². The highest BCUT2D eigenvalue weighted by atomic mass is 16.2. The molecule has 0 saturated carbocycles. The Morgan fingerprint density at radius 2 is 1.46 bits per heavy atom. The molecule has 0 bridgehead atoms. The maximum absolute atomic E-state index is 12.7. The summed E-state index contributed by atoms with van der Waals surface area (Å²) in [5, 5.41) is 2.76. The molecule has 5 nitrogen and oxygen atoms in total. The summed E-state index contributed by atoms with van der Waals surface area (Å²) in [5.41, 5.74) is 1.23. The molecule has 26 heavy (non-hydrogen) atoms. The number of hydrogen-bond acceptors (Lipinski definition) is 3. The summed E-state index contributed by atoms with van der Waals surface area (Å²) in [6.45, 7) is 1.88. The maximum Gasteiger partial charge on any atom is 0.252 e. The van der Waals surface area contributed by atoms with Gasteiger partial charge in [0.2, 0.25) is 5.91 Å². The molecule has 2 amide bonds. The number of ketones is 1. The predicted molar refractivity (Wildman–Crippen MR) is 99.1 cm³/mol. The van der Waals surface area contributed by atoms with E-state index in [0.717, 1.165) is 25.9 Å². The van der Waals surface area contributed by atoms with E-state index in [4.69, 9.17) is 0 Å². The number of rotatable bonds is 6. The van der Waals surface area contributed by atoms with Crippen LogP contribution >= 0.6 is 0 Å². The molecule has 0 aromatic heterocycles. The minimum atomic E-state index is -0.334. The van der Waals surface area contributed by atoms with Gasteiger partial charge in [-0.15, -0.1) is 0 Å². The van der Waals surface area contributed by atoms with Gasteiger partial charge < -0.3 is 10.2 Å². The van der Waals surface area contributed by atoms with E-state index in [1.54, 1.807) is 48.5 Å². The zero-order valence-corrected chi connectivity index (χ0v) is 14.6. The number of carbonyl (C=O) groups is 3. The second kappa shape index (κ2) is 8.43. The summed E-state index contributed by atoms with van der Waals surface area (Å²) in [7, 11) is 0. The molecule has 0 aliphatic carbocycles. The molecule has 1 N–H and O–H groups in total. The zero-order chi connectivity index (χ0) is 18.4. The molecule has 0 spiro atoms. The third kappa shape index (κ3) is 4.17. The average Bonchev–Trinajstić information content (AvgIpc) is 3.23. The quantitative estimate of drug-likeness (QED) is 0.815. The third-order valence-corrected chi connectivity index (χ3v) is 4.54. The van der Waals surface area contributed by atoms with Crippen LogP contribution in [0.1, 0.15) is 45.5 Å². The second-order valence-electron chi connectivity index (χ2n) is 6.33. The molecule has 1 fully saturated rings. The number of nitrogens with one attached hydrogen (secondary N) is 1. The summed E-state index contributed by atoms with van der Waals surface area (Å²) < 4.78 is 0. The second-order valence-corrected chi connectivity index (χ2v) is 6.33. The van der Waals surface area contributed by atoms with Gasteiger partial charge in [-0.25, -0.2) is 0 Å². The van der Waals surface area contributed by atoms with Crippen molar-refractivity contribution in [2.45, 2.75) is 19.3 Å². The minimum absolute atomic E-state index is 0.0662. The van der Waals surface area contributed by atoms with Gasteiger partial charge in [-0.1, -0.05) is 48.5 Å². The number of benzene rings is 2. The van der Waals surface area contributed by atoms with E-state index < -0.39 is 0 Å². The highest BCUT2D eigenvalue weighted by Crippen LogP contribution is 2.15. The Morgan fingerprint density at radius 1 is 0.846 bits per heavy atom. The summed E-state index contributed by atoms with van der Waals surface area (Å²) in [5.74, 6) is -0.458. The monoisotopic (exact) mass is 350 g/mol. The molecule has 0 radical (unpaired) electrons. The lowest BCUT2D eigenvalue weighted by atomic mass is 9.98. The molecule has 0 unspecified atom stereocenters. The van der Waals surface area contributed by atoms with E-state index in [2.05, 4.69) is 5.32 Å². The first-order valence-electron chi connectivity index (χ1n) is 8.91. The lowest BCUT2D eigenvalue weighted by molar-refractivity contribution is -0.129. The molecule has 1 heterocycles.